The van der Waals surface area contributed by atoms with Crippen LogP contribution in [0.4, 0.5) is 10.5 Å². The molecule has 144 valence electrons. The second-order valence-electron chi connectivity index (χ2n) is 5.27. The summed E-state index contributed by atoms with van der Waals surface area (Å²) < 4.78 is 15.4. The molecule has 2 aromatic rings. The Kier molecular flexibility index (Phi) is 8.03. The van der Waals surface area contributed by atoms with E-state index in [9.17, 15) is 9.59 Å². The minimum absolute atomic E-state index is 0.0403. The fraction of sp³-hybridized carbons (Fsp3) is 0.222. The van der Waals surface area contributed by atoms with Crippen LogP contribution in [0.3, 0.4) is 0 Å². The fourth-order valence-corrected chi connectivity index (χ4v) is 2.58. The Morgan fingerprint density at radius 3 is 2.48 bits per heavy atom. The predicted molar refractivity (Wildman–Crippen MR) is 104 cm³/mol. The first-order valence-corrected chi connectivity index (χ1v) is 8.96. The molecule has 0 bridgehead atoms. The first kappa shape index (κ1) is 21.2. The van der Waals surface area contributed by atoms with E-state index in [-0.39, 0.29) is 13.2 Å². The quantitative estimate of drug-likeness (QED) is 0.480. The lowest BCUT2D eigenvalue weighted by molar-refractivity contribution is -0.153. The molecule has 0 radical (unpaired) electrons. The first-order chi connectivity index (χ1) is 12.8. The van der Waals surface area contributed by atoms with Gasteiger partial charge in [-0.3, -0.25) is 5.32 Å². The molecular weight excluding hydrogens is 417 g/mol. The van der Waals surface area contributed by atoms with Gasteiger partial charge < -0.3 is 14.2 Å². The van der Waals surface area contributed by atoms with E-state index in [1.165, 1.54) is 6.92 Å². The van der Waals surface area contributed by atoms with Crippen LogP contribution in [0.25, 0.3) is 0 Å². The average Bonchev–Trinajstić information content (AvgIpc) is 2.59. The van der Waals surface area contributed by atoms with Crippen molar-refractivity contribution >= 4 is 52.6 Å². The number of halogens is 3. The third-order valence-electron chi connectivity index (χ3n) is 3.17. The molecule has 0 aliphatic rings. The number of carbonyl (C=O) groups excluding carboxylic acids is 2. The van der Waals surface area contributed by atoms with Crippen molar-refractivity contribution in [1.82, 2.24) is 0 Å². The molecule has 2 rings (SSSR count). The van der Waals surface area contributed by atoms with E-state index in [1.807, 2.05) is 0 Å². The summed E-state index contributed by atoms with van der Waals surface area (Å²) in [6.45, 7) is 1.44. The van der Waals surface area contributed by atoms with Crippen molar-refractivity contribution in [3.63, 3.8) is 0 Å². The van der Waals surface area contributed by atoms with Gasteiger partial charge in [0.05, 0.1) is 5.02 Å². The summed E-state index contributed by atoms with van der Waals surface area (Å²) >= 11 is 17.6. The Labute approximate surface area is 171 Å². The molecule has 2 aromatic carbocycles. The molecular formula is C18H16Cl3NO5. The molecule has 0 spiro atoms. The van der Waals surface area contributed by atoms with Crippen LogP contribution in [-0.4, -0.2) is 31.4 Å². The summed E-state index contributed by atoms with van der Waals surface area (Å²) in [4.78, 5) is 23.6. The van der Waals surface area contributed by atoms with Gasteiger partial charge in [0, 0.05) is 15.7 Å². The van der Waals surface area contributed by atoms with E-state index < -0.39 is 18.2 Å². The monoisotopic (exact) mass is 431 g/mol. The van der Waals surface area contributed by atoms with E-state index in [4.69, 9.17) is 49.0 Å². The summed E-state index contributed by atoms with van der Waals surface area (Å²) in [5.41, 5.74) is 0.446. The number of ether oxygens (including phenoxy) is 3. The Bertz CT molecular complexity index is 815. The zero-order valence-corrected chi connectivity index (χ0v) is 16.5. The van der Waals surface area contributed by atoms with Crippen molar-refractivity contribution < 1.29 is 23.8 Å². The summed E-state index contributed by atoms with van der Waals surface area (Å²) in [6.07, 6.45) is -1.89. The van der Waals surface area contributed by atoms with Gasteiger partial charge in [-0.1, -0.05) is 40.9 Å². The van der Waals surface area contributed by atoms with Crippen LogP contribution in [-0.2, 0) is 14.3 Å². The summed E-state index contributed by atoms with van der Waals surface area (Å²) in [5.74, 6) is -0.288. The van der Waals surface area contributed by atoms with Crippen LogP contribution in [0.2, 0.25) is 15.1 Å². The molecule has 0 heterocycles. The van der Waals surface area contributed by atoms with Gasteiger partial charge in [0.15, 0.2) is 6.10 Å². The van der Waals surface area contributed by atoms with Crippen LogP contribution < -0.4 is 10.1 Å². The Morgan fingerprint density at radius 2 is 1.78 bits per heavy atom. The lowest BCUT2D eigenvalue weighted by Crippen LogP contribution is -2.29. The lowest BCUT2D eigenvalue weighted by atomic mass is 10.3. The number of nitrogens with one attached hydrogen (secondary N) is 1. The number of carbonyl (C=O) groups is 2. The molecule has 0 aliphatic heterocycles. The Hall–Kier alpha value is -2.15. The zero-order chi connectivity index (χ0) is 19.8. The smallest absolute Gasteiger partial charge is 0.412 e. The highest BCUT2D eigenvalue weighted by atomic mass is 35.5. The maximum Gasteiger partial charge on any atom is 0.412 e. The molecule has 9 heteroatoms. The lowest BCUT2D eigenvalue weighted by Gasteiger charge is -2.14. The molecule has 6 nitrogen and oxygen atoms in total. The highest BCUT2D eigenvalue weighted by Gasteiger charge is 2.19. The maximum absolute atomic E-state index is 11.9. The van der Waals surface area contributed by atoms with Gasteiger partial charge in [-0.15, -0.1) is 0 Å². The van der Waals surface area contributed by atoms with Crippen LogP contribution in [0.15, 0.2) is 42.5 Å². The van der Waals surface area contributed by atoms with Gasteiger partial charge in [0.1, 0.15) is 19.0 Å². The normalized spacial score (nSPS) is 11.4. The van der Waals surface area contributed by atoms with E-state index in [1.54, 1.807) is 42.5 Å². The molecule has 0 aliphatic carbocycles. The summed E-state index contributed by atoms with van der Waals surface area (Å²) in [7, 11) is 0. The van der Waals surface area contributed by atoms with Gasteiger partial charge in [-0.05, 0) is 43.3 Å². The number of hydrogen-bond acceptors (Lipinski definition) is 5. The molecule has 0 fully saturated rings. The molecule has 0 saturated carbocycles. The second kappa shape index (κ2) is 10.3. The Morgan fingerprint density at radius 1 is 1.04 bits per heavy atom. The fourth-order valence-electron chi connectivity index (χ4n) is 1.93. The maximum atomic E-state index is 11.9. The topological polar surface area (TPSA) is 73.9 Å². The number of hydrogen-bond donors (Lipinski definition) is 1. The van der Waals surface area contributed by atoms with Gasteiger partial charge >= 0.3 is 12.1 Å². The minimum atomic E-state index is -1.09. The SMILES string of the molecule is C[C@H](OC(=O)Nc1cccc(Cl)c1)C(=O)OCCOc1ccc(Cl)cc1Cl. The van der Waals surface area contributed by atoms with Crippen LogP contribution in [0.1, 0.15) is 6.92 Å². The van der Waals surface area contributed by atoms with Gasteiger partial charge in [0.2, 0.25) is 0 Å². The molecule has 0 saturated heterocycles. The first-order valence-electron chi connectivity index (χ1n) is 7.83. The molecule has 1 atom stereocenters. The number of anilines is 1. The number of rotatable bonds is 7. The molecule has 27 heavy (non-hydrogen) atoms. The van der Waals surface area contributed by atoms with E-state index in [0.717, 1.165) is 0 Å². The van der Waals surface area contributed by atoms with Crippen molar-refractivity contribution in [2.75, 3.05) is 18.5 Å². The minimum Gasteiger partial charge on any atom is -0.488 e. The van der Waals surface area contributed by atoms with Crippen molar-refractivity contribution in [2.24, 2.45) is 0 Å². The van der Waals surface area contributed by atoms with Crippen molar-refractivity contribution in [2.45, 2.75) is 13.0 Å². The largest absolute Gasteiger partial charge is 0.488 e. The standard InChI is InChI=1S/C18H16Cl3NO5/c1-11(27-18(24)22-14-4-2-3-12(19)9-14)17(23)26-8-7-25-16-6-5-13(20)10-15(16)21/h2-6,9-11H,7-8H2,1H3,(H,22,24)/t11-/m0/s1. The summed E-state index contributed by atoms with van der Waals surface area (Å²) in [6, 6.07) is 11.3. The highest BCUT2D eigenvalue weighted by molar-refractivity contribution is 6.35. The van der Waals surface area contributed by atoms with Crippen LogP contribution in [0, 0.1) is 0 Å². The van der Waals surface area contributed by atoms with Crippen molar-refractivity contribution in [3.05, 3.63) is 57.5 Å². The Balaban J connectivity index is 1.71. The molecule has 1 N–H and O–H groups in total. The van der Waals surface area contributed by atoms with E-state index in [2.05, 4.69) is 5.32 Å². The molecule has 1 amide bonds. The van der Waals surface area contributed by atoms with Crippen LogP contribution >= 0.6 is 34.8 Å². The number of benzene rings is 2. The van der Waals surface area contributed by atoms with Gasteiger partial charge in [-0.2, -0.15) is 0 Å². The van der Waals surface area contributed by atoms with Crippen molar-refractivity contribution in [3.8, 4) is 5.75 Å². The van der Waals surface area contributed by atoms with E-state index in [0.29, 0.717) is 26.5 Å². The van der Waals surface area contributed by atoms with Crippen molar-refractivity contribution in [1.29, 1.82) is 0 Å². The third-order valence-corrected chi connectivity index (χ3v) is 3.93. The molecule has 0 aromatic heterocycles. The number of amides is 1. The van der Waals surface area contributed by atoms with Crippen LogP contribution in [0.5, 0.6) is 5.75 Å². The highest BCUT2D eigenvalue weighted by Crippen LogP contribution is 2.27. The summed E-state index contributed by atoms with van der Waals surface area (Å²) in [5, 5.41) is 3.76. The third kappa shape index (κ3) is 7.17. The van der Waals surface area contributed by atoms with Gasteiger partial charge in [-0.25, -0.2) is 9.59 Å². The predicted octanol–water partition coefficient (Wildman–Crippen LogP) is 5.21. The van der Waals surface area contributed by atoms with E-state index >= 15 is 0 Å². The van der Waals surface area contributed by atoms with Gasteiger partial charge in [0.25, 0.3) is 0 Å². The zero-order valence-electron chi connectivity index (χ0n) is 14.2. The average molecular weight is 433 g/mol. The molecule has 0 unspecified atom stereocenters. The second-order valence-corrected chi connectivity index (χ2v) is 6.55. The number of esters is 1.